The first-order chi connectivity index (χ1) is 17.2. The van der Waals surface area contributed by atoms with E-state index in [0.29, 0.717) is 6.42 Å². The van der Waals surface area contributed by atoms with Gasteiger partial charge < -0.3 is 11.5 Å². The number of primary amides is 1. The molecule has 0 rings (SSSR count). The normalized spacial score (nSPS) is 10.8. The highest BCUT2D eigenvalue weighted by molar-refractivity contribution is 5.73. The second kappa shape index (κ2) is 35.6. The molecule has 0 bridgehead atoms. The van der Waals surface area contributed by atoms with E-state index in [4.69, 9.17) is 11.5 Å². The number of rotatable bonds is 28. The fourth-order valence-electron chi connectivity index (χ4n) is 4.66. The Morgan fingerprint density at radius 3 is 0.857 bits per heavy atom. The fourth-order valence-corrected chi connectivity index (χ4v) is 4.66. The van der Waals surface area contributed by atoms with E-state index in [1.807, 2.05) is 0 Å². The van der Waals surface area contributed by atoms with Crippen molar-refractivity contribution in [1.29, 1.82) is 0 Å². The lowest BCUT2D eigenvalue weighted by Gasteiger charge is -2.02. The Kier molecular flexibility index (Phi) is 37.2. The summed E-state index contributed by atoms with van der Waals surface area (Å²) < 4.78 is 0. The van der Waals surface area contributed by atoms with E-state index in [-0.39, 0.29) is 5.91 Å². The minimum atomic E-state index is -0.155. The first-order valence-electron chi connectivity index (χ1n) is 16.2. The molecule has 0 spiro atoms. The van der Waals surface area contributed by atoms with E-state index < -0.39 is 0 Å². The molecule has 0 aliphatic rings. The van der Waals surface area contributed by atoms with Crippen molar-refractivity contribution >= 4 is 5.91 Å². The molecule has 212 valence electrons. The molecule has 0 aliphatic heterocycles. The van der Waals surface area contributed by atoms with Crippen LogP contribution in [0.5, 0.6) is 0 Å². The largest absolute Gasteiger partial charge is 0.370 e. The minimum Gasteiger partial charge on any atom is -0.370 e. The molecule has 1 amide bonds. The highest BCUT2D eigenvalue weighted by Gasteiger charge is 1.96. The molecule has 4 N–H and O–H groups in total. The number of unbranched alkanes of at least 4 members (excludes halogenated alkanes) is 25. The molecular formula is C32H68N2O. The van der Waals surface area contributed by atoms with Crippen LogP contribution in [0.4, 0.5) is 0 Å². The van der Waals surface area contributed by atoms with Crippen LogP contribution in [0.25, 0.3) is 0 Å². The molecule has 3 heteroatoms. The summed E-state index contributed by atoms with van der Waals surface area (Å²) in [4.78, 5) is 10.5. The summed E-state index contributed by atoms with van der Waals surface area (Å²) in [5.74, 6) is -0.155. The fraction of sp³-hybridized carbons (Fsp3) is 0.969. The van der Waals surface area contributed by atoms with Gasteiger partial charge in [-0.1, -0.05) is 174 Å². The molecule has 0 aromatic carbocycles. The summed E-state index contributed by atoms with van der Waals surface area (Å²) in [6.07, 6.45) is 37.8. The van der Waals surface area contributed by atoms with Crippen LogP contribution in [0.2, 0.25) is 0 Å². The van der Waals surface area contributed by atoms with Crippen molar-refractivity contribution in [3.63, 3.8) is 0 Å². The van der Waals surface area contributed by atoms with Crippen molar-refractivity contribution in [1.82, 2.24) is 0 Å². The van der Waals surface area contributed by atoms with Gasteiger partial charge in [0, 0.05) is 6.42 Å². The zero-order valence-electron chi connectivity index (χ0n) is 24.6. The quantitative estimate of drug-likeness (QED) is 0.106. The van der Waals surface area contributed by atoms with Gasteiger partial charge in [-0.15, -0.1) is 0 Å². The van der Waals surface area contributed by atoms with Gasteiger partial charge in [0.05, 0.1) is 0 Å². The van der Waals surface area contributed by atoms with Crippen LogP contribution < -0.4 is 11.5 Å². The molecule has 3 nitrogen and oxygen atoms in total. The van der Waals surface area contributed by atoms with E-state index in [0.717, 1.165) is 13.0 Å². The van der Waals surface area contributed by atoms with Crippen LogP contribution >= 0.6 is 0 Å². The number of nitrogens with two attached hydrogens (primary N) is 2. The molecule has 0 fully saturated rings. The summed E-state index contributed by atoms with van der Waals surface area (Å²) in [5.41, 5.74) is 10.6. The maximum Gasteiger partial charge on any atom is 0.217 e. The first kappa shape index (κ1) is 36.6. The Morgan fingerprint density at radius 2 is 0.629 bits per heavy atom. The van der Waals surface area contributed by atoms with Gasteiger partial charge in [0.15, 0.2) is 0 Å². The molecular weight excluding hydrogens is 428 g/mol. The molecule has 0 aromatic rings. The van der Waals surface area contributed by atoms with Gasteiger partial charge in [0.25, 0.3) is 0 Å². The van der Waals surface area contributed by atoms with E-state index in [2.05, 4.69) is 13.8 Å². The van der Waals surface area contributed by atoms with Crippen LogP contribution in [0.1, 0.15) is 194 Å². The van der Waals surface area contributed by atoms with E-state index >= 15 is 0 Å². The van der Waals surface area contributed by atoms with Crippen molar-refractivity contribution in [3.8, 4) is 0 Å². The maximum atomic E-state index is 10.5. The topological polar surface area (TPSA) is 69.1 Å². The van der Waals surface area contributed by atoms with Crippen molar-refractivity contribution in [3.05, 3.63) is 0 Å². The summed E-state index contributed by atoms with van der Waals surface area (Å²) >= 11 is 0. The van der Waals surface area contributed by atoms with Gasteiger partial charge in [-0.2, -0.15) is 0 Å². The smallest absolute Gasteiger partial charge is 0.217 e. The minimum absolute atomic E-state index is 0.155. The lowest BCUT2D eigenvalue weighted by atomic mass is 10.0. The van der Waals surface area contributed by atoms with Crippen LogP contribution in [0.3, 0.4) is 0 Å². The second-order valence-electron chi connectivity index (χ2n) is 10.8. The average Bonchev–Trinajstić information content (AvgIpc) is 2.85. The van der Waals surface area contributed by atoms with Crippen LogP contribution in [-0.4, -0.2) is 12.5 Å². The van der Waals surface area contributed by atoms with Crippen molar-refractivity contribution in [2.24, 2.45) is 11.5 Å². The van der Waals surface area contributed by atoms with E-state index in [9.17, 15) is 4.79 Å². The molecule has 0 radical (unpaired) electrons. The van der Waals surface area contributed by atoms with Gasteiger partial charge in [-0.3, -0.25) is 4.79 Å². The molecule has 35 heavy (non-hydrogen) atoms. The monoisotopic (exact) mass is 497 g/mol. The van der Waals surface area contributed by atoms with Crippen molar-refractivity contribution in [2.45, 2.75) is 194 Å². The molecule has 0 unspecified atom stereocenters. The third-order valence-electron chi connectivity index (χ3n) is 7.08. The summed E-state index contributed by atoms with van der Waals surface area (Å²) in [6.45, 7) is 5.43. The lowest BCUT2D eigenvalue weighted by molar-refractivity contribution is -0.118. The molecule has 0 saturated heterocycles. The number of hydrogen-bond donors (Lipinski definition) is 2. The van der Waals surface area contributed by atoms with E-state index in [1.165, 1.54) is 167 Å². The summed E-state index contributed by atoms with van der Waals surface area (Å²) in [6, 6.07) is 0. The van der Waals surface area contributed by atoms with Crippen LogP contribution in [-0.2, 0) is 4.79 Å². The number of hydrogen-bond acceptors (Lipinski definition) is 2. The predicted octanol–water partition coefficient (Wildman–Crippen LogP) is 10.4. The third-order valence-corrected chi connectivity index (χ3v) is 7.08. The average molecular weight is 497 g/mol. The van der Waals surface area contributed by atoms with Gasteiger partial charge in [0.2, 0.25) is 5.91 Å². The molecule has 0 aromatic heterocycles. The van der Waals surface area contributed by atoms with Crippen LogP contribution in [0.15, 0.2) is 0 Å². The SMILES string of the molecule is CCCCCCCCCCCCCCCC(N)=O.CCCCCCCCCCCCCCCCN. The zero-order chi connectivity index (χ0) is 26.1. The Labute approximate surface area is 222 Å². The highest BCUT2D eigenvalue weighted by atomic mass is 16.1. The van der Waals surface area contributed by atoms with Crippen LogP contribution in [0, 0.1) is 0 Å². The van der Waals surface area contributed by atoms with Gasteiger partial charge in [0.1, 0.15) is 0 Å². The Morgan fingerprint density at radius 1 is 0.400 bits per heavy atom. The second-order valence-corrected chi connectivity index (χ2v) is 10.8. The van der Waals surface area contributed by atoms with Crippen molar-refractivity contribution < 1.29 is 4.79 Å². The van der Waals surface area contributed by atoms with Gasteiger partial charge in [-0.25, -0.2) is 0 Å². The zero-order valence-corrected chi connectivity index (χ0v) is 24.6. The summed E-state index contributed by atoms with van der Waals surface area (Å²) in [7, 11) is 0. The Hall–Kier alpha value is -0.570. The third kappa shape index (κ3) is 40.9. The maximum absolute atomic E-state index is 10.5. The number of carbonyl (C=O) groups excluding carboxylic acids is 1. The molecule has 0 aliphatic carbocycles. The Bertz CT molecular complexity index is 359. The molecule has 0 heterocycles. The lowest BCUT2D eigenvalue weighted by Crippen LogP contribution is -2.09. The summed E-state index contributed by atoms with van der Waals surface area (Å²) in [5, 5.41) is 0. The first-order valence-corrected chi connectivity index (χ1v) is 16.2. The highest BCUT2D eigenvalue weighted by Crippen LogP contribution is 2.14. The standard InChI is InChI=1S/C16H33NO.C16H35N/c1-2-3-4-5-6-7-8-9-10-11-12-13-14-15-16(17)18;1-2-3-4-5-6-7-8-9-10-11-12-13-14-15-16-17/h2-15H2,1H3,(H2,17,18);2-17H2,1H3. The predicted molar refractivity (Wildman–Crippen MR) is 159 cm³/mol. The molecule has 0 atom stereocenters. The van der Waals surface area contributed by atoms with E-state index in [1.54, 1.807) is 0 Å². The van der Waals surface area contributed by atoms with Gasteiger partial charge in [-0.05, 0) is 19.4 Å². The van der Waals surface area contributed by atoms with Crippen molar-refractivity contribution in [2.75, 3.05) is 6.54 Å². The van der Waals surface area contributed by atoms with Gasteiger partial charge >= 0.3 is 0 Å². The Balaban J connectivity index is 0. The molecule has 0 saturated carbocycles. The number of carbonyl (C=O) groups is 1. The number of amides is 1.